The molecule has 0 radical (unpaired) electrons. The van der Waals surface area contributed by atoms with Crippen LogP contribution in [0.15, 0.2) is 43.0 Å². The highest BCUT2D eigenvalue weighted by Gasteiger charge is 2.57. The number of benzene rings is 1. The van der Waals surface area contributed by atoms with Gasteiger partial charge in [-0.2, -0.15) is 0 Å². The van der Waals surface area contributed by atoms with Gasteiger partial charge in [-0.1, -0.05) is 19.1 Å². The van der Waals surface area contributed by atoms with E-state index in [0.717, 1.165) is 26.3 Å². The van der Waals surface area contributed by atoms with Crippen LogP contribution in [0.25, 0.3) is 5.69 Å². The first kappa shape index (κ1) is 21.6. The molecule has 1 aromatic carbocycles. The molecule has 152 valence electrons. The van der Waals surface area contributed by atoms with Gasteiger partial charge in [0, 0.05) is 51.6 Å². The van der Waals surface area contributed by atoms with E-state index in [2.05, 4.69) is 41.1 Å². The van der Waals surface area contributed by atoms with E-state index >= 15 is 0 Å². The quantitative estimate of drug-likeness (QED) is 0.836. The third-order valence-corrected chi connectivity index (χ3v) is 5.23. The molecule has 2 atom stereocenters. The van der Waals surface area contributed by atoms with Crippen LogP contribution in [0.5, 0.6) is 0 Å². The van der Waals surface area contributed by atoms with Gasteiger partial charge in [0.2, 0.25) is 0 Å². The van der Waals surface area contributed by atoms with E-state index in [1.807, 2.05) is 23.3 Å². The minimum Gasteiger partial charge on any atom is -0.481 e. The van der Waals surface area contributed by atoms with Crippen LogP contribution < -0.4 is 0 Å². The Morgan fingerprint density at radius 2 is 1.79 bits per heavy atom. The highest BCUT2D eigenvalue weighted by Crippen LogP contribution is 2.60. The van der Waals surface area contributed by atoms with Gasteiger partial charge in [-0.15, -0.1) is 0 Å². The minimum atomic E-state index is -0.833. The Balaban J connectivity index is 0.000000302. The Kier molecular flexibility index (Phi) is 7.34. The maximum absolute atomic E-state index is 9.00. The molecule has 2 aliphatic rings. The van der Waals surface area contributed by atoms with Crippen LogP contribution >= 0.6 is 0 Å². The van der Waals surface area contributed by atoms with Gasteiger partial charge in [-0.05, 0) is 41.9 Å². The van der Waals surface area contributed by atoms with Crippen LogP contribution in [0.2, 0.25) is 0 Å². The first-order valence-electron chi connectivity index (χ1n) is 9.44. The normalized spacial score (nSPS) is 22.2. The van der Waals surface area contributed by atoms with Crippen molar-refractivity contribution in [3.05, 3.63) is 48.5 Å². The number of fused-ring (bicyclic) bond motifs is 1. The van der Waals surface area contributed by atoms with Crippen molar-refractivity contribution in [2.45, 2.75) is 40.2 Å². The number of hydrogen-bond acceptors (Lipinski definition) is 4. The summed E-state index contributed by atoms with van der Waals surface area (Å²) in [7, 11) is 0. The molecule has 1 saturated heterocycles. The second-order valence-corrected chi connectivity index (χ2v) is 7.46. The number of nitrogens with zero attached hydrogens (tertiary/aromatic N) is 3. The van der Waals surface area contributed by atoms with E-state index < -0.39 is 11.9 Å². The molecule has 2 fully saturated rings. The Bertz CT molecular complexity index is 749. The SMILES string of the molecule is CC(=O)O.CC(=O)O.CCC12CC1CN(Cc1ccc(-n3ccnc3)cc1)C2. The van der Waals surface area contributed by atoms with E-state index in [9.17, 15) is 0 Å². The minimum absolute atomic E-state index is 0.691. The van der Waals surface area contributed by atoms with Crippen molar-refractivity contribution < 1.29 is 19.8 Å². The summed E-state index contributed by atoms with van der Waals surface area (Å²) in [5.41, 5.74) is 3.29. The zero-order chi connectivity index (χ0) is 20.7. The molecule has 1 aliphatic heterocycles. The highest BCUT2D eigenvalue weighted by atomic mass is 16.4. The zero-order valence-electron chi connectivity index (χ0n) is 16.7. The fourth-order valence-electron chi connectivity index (χ4n) is 3.81. The average Bonchev–Trinajstić information content (AvgIpc) is 3.00. The standard InChI is InChI=1S/C17H21N3.2C2H4O2/c1-2-17-9-15(17)11-19(12-17)10-14-3-5-16(6-4-14)20-8-7-18-13-20;2*1-2(3)4/h3-8,13,15H,2,9-12H2,1H3;2*1H3,(H,3,4). The molecule has 7 heteroatoms. The Labute approximate surface area is 165 Å². The lowest BCUT2D eigenvalue weighted by molar-refractivity contribution is -0.135. The van der Waals surface area contributed by atoms with Crippen molar-refractivity contribution in [2.75, 3.05) is 13.1 Å². The average molecular weight is 387 g/mol. The Morgan fingerprint density at radius 3 is 2.25 bits per heavy atom. The molecule has 2 heterocycles. The fraction of sp³-hybridized carbons (Fsp3) is 0.476. The fourth-order valence-corrected chi connectivity index (χ4v) is 3.81. The van der Waals surface area contributed by atoms with E-state index in [4.69, 9.17) is 19.8 Å². The van der Waals surface area contributed by atoms with Crippen molar-refractivity contribution in [1.29, 1.82) is 0 Å². The number of piperidine rings is 1. The summed E-state index contributed by atoms with van der Waals surface area (Å²) in [5.74, 6) is -0.683. The van der Waals surface area contributed by atoms with E-state index in [1.165, 1.54) is 37.2 Å². The van der Waals surface area contributed by atoms with Gasteiger partial charge < -0.3 is 14.8 Å². The van der Waals surface area contributed by atoms with Crippen molar-refractivity contribution in [3.63, 3.8) is 0 Å². The van der Waals surface area contributed by atoms with Crippen molar-refractivity contribution in [3.8, 4) is 5.69 Å². The van der Waals surface area contributed by atoms with Crippen molar-refractivity contribution in [2.24, 2.45) is 11.3 Å². The number of aliphatic carboxylic acids is 2. The molecule has 2 unspecified atom stereocenters. The second-order valence-electron chi connectivity index (χ2n) is 7.46. The molecule has 2 aromatic rings. The predicted octanol–water partition coefficient (Wildman–Crippen LogP) is 3.29. The van der Waals surface area contributed by atoms with Gasteiger partial charge >= 0.3 is 0 Å². The summed E-state index contributed by atoms with van der Waals surface area (Å²) in [4.78, 5) is 24.7. The predicted molar refractivity (Wildman–Crippen MR) is 106 cm³/mol. The monoisotopic (exact) mass is 387 g/mol. The molecule has 0 bridgehead atoms. The summed E-state index contributed by atoms with van der Waals surface area (Å²) in [6.45, 7) is 8.22. The number of likely N-dealkylation sites (tertiary alicyclic amines) is 1. The number of carboxylic acids is 2. The molecular weight excluding hydrogens is 358 g/mol. The molecule has 0 amide bonds. The number of carboxylic acid groups (broad SMARTS) is 2. The van der Waals surface area contributed by atoms with Gasteiger partial charge in [0.15, 0.2) is 0 Å². The number of carbonyl (C=O) groups is 2. The molecule has 2 N–H and O–H groups in total. The van der Waals surface area contributed by atoms with Gasteiger partial charge in [-0.25, -0.2) is 4.98 Å². The molecule has 1 aromatic heterocycles. The second kappa shape index (κ2) is 9.50. The molecule has 4 rings (SSSR count). The third-order valence-electron chi connectivity index (χ3n) is 5.23. The maximum Gasteiger partial charge on any atom is 0.300 e. The number of imidazole rings is 1. The molecule has 7 nitrogen and oxygen atoms in total. The largest absolute Gasteiger partial charge is 0.481 e. The van der Waals surface area contributed by atoms with Crippen molar-refractivity contribution in [1.82, 2.24) is 14.5 Å². The van der Waals surface area contributed by atoms with Crippen LogP contribution in [-0.2, 0) is 16.1 Å². The summed E-state index contributed by atoms with van der Waals surface area (Å²) in [5, 5.41) is 14.8. The third kappa shape index (κ3) is 6.20. The van der Waals surface area contributed by atoms with Gasteiger partial charge in [-0.3, -0.25) is 14.5 Å². The van der Waals surface area contributed by atoms with Crippen LogP contribution in [0.4, 0.5) is 0 Å². The number of hydrogen-bond donors (Lipinski definition) is 2. The van der Waals surface area contributed by atoms with Crippen LogP contribution in [-0.4, -0.2) is 49.7 Å². The van der Waals surface area contributed by atoms with Gasteiger partial charge in [0.1, 0.15) is 0 Å². The van der Waals surface area contributed by atoms with Crippen LogP contribution in [0.3, 0.4) is 0 Å². The zero-order valence-corrected chi connectivity index (χ0v) is 16.7. The smallest absolute Gasteiger partial charge is 0.300 e. The van der Waals surface area contributed by atoms with E-state index in [0.29, 0.717) is 5.41 Å². The molecular formula is C21H29N3O4. The Morgan fingerprint density at radius 1 is 1.18 bits per heavy atom. The lowest BCUT2D eigenvalue weighted by Gasteiger charge is -2.20. The van der Waals surface area contributed by atoms with Crippen LogP contribution in [0.1, 0.15) is 39.2 Å². The molecule has 1 aliphatic carbocycles. The Hall–Kier alpha value is -2.67. The first-order valence-corrected chi connectivity index (χ1v) is 9.44. The molecule has 0 spiro atoms. The lowest BCUT2D eigenvalue weighted by Crippen LogP contribution is -2.24. The van der Waals surface area contributed by atoms with E-state index in [-0.39, 0.29) is 0 Å². The first-order chi connectivity index (χ1) is 13.3. The lowest BCUT2D eigenvalue weighted by atomic mass is 10.0. The van der Waals surface area contributed by atoms with Gasteiger partial charge in [0.05, 0.1) is 6.33 Å². The summed E-state index contributed by atoms with van der Waals surface area (Å²) in [6.07, 6.45) is 8.46. The maximum atomic E-state index is 9.00. The topological polar surface area (TPSA) is 95.7 Å². The van der Waals surface area contributed by atoms with Crippen molar-refractivity contribution >= 4 is 11.9 Å². The number of rotatable bonds is 4. The highest BCUT2D eigenvalue weighted by molar-refractivity contribution is 5.63. The number of aromatic nitrogens is 2. The molecule has 1 saturated carbocycles. The summed E-state index contributed by atoms with van der Waals surface area (Å²) in [6, 6.07) is 8.86. The van der Waals surface area contributed by atoms with E-state index in [1.54, 1.807) is 0 Å². The van der Waals surface area contributed by atoms with Gasteiger partial charge in [0.25, 0.3) is 11.9 Å². The van der Waals surface area contributed by atoms with Crippen LogP contribution in [0, 0.1) is 11.3 Å². The summed E-state index contributed by atoms with van der Waals surface area (Å²) < 4.78 is 2.04. The molecule has 28 heavy (non-hydrogen) atoms. The summed E-state index contributed by atoms with van der Waals surface area (Å²) >= 11 is 0.